The number of anilines is 1. The van der Waals surface area contributed by atoms with Gasteiger partial charge in [-0.3, -0.25) is 4.57 Å². The highest BCUT2D eigenvalue weighted by molar-refractivity contribution is 5.74. The largest absolute Gasteiger partial charge is 0.467 e. The molecule has 0 spiro atoms. The third-order valence-corrected chi connectivity index (χ3v) is 4.07. The summed E-state index contributed by atoms with van der Waals surface area (Å²) in [5.41, 5.74) is 1.79. The Kier molecular flexibility index (Phi) is 3.52. The molecule has 1 aliphatic heterocycles. The molecule has 0 aliphatic carbocycles. The summed E-state index contributed by atoms with van der Waals surface area (Å²) in [5, 5.41) is 6.97. The molecule has 0 saturated carbocycles. The van der Waals surface area contributed by atoms with Crippen LogP contribution in [0, 0.1) is 0 Å². The Hall–Kier alpha value is -2.34. The summed E-state index contributed by atoms with van der Waals surface area (Å²) in [7, 11) is 0. The normalized spacial score (nSPS) is 16.2. The number of nitrogens with one attached hydrogen (secondary N) is 2. The van der Waals surface area contributed by atoms with Crippen molar-refractivity contribution in [3.8, 4) is 0 Å². The van der Waals surface area contributed by atoms with Gasteiger partial charge in [-0.1, -0.05) is 0 Å². The Morgan fingerprint density at radius 2 is 2.18 bits per heavy atom. The number of imidazole rings is 1. The van der Waals surface area contributed by atoms with Gasteiger partial charge in [-0.2, -0.15) is 0 Å². The Labute approximate surface area is 128 Å². The summed E-state index contributed by atoms with van der Waals surface area (Å²) in [5.74, 6) is 1.77. The highest BCUT2D eigenvalue weighted by atomic mass is 16.3. The fourth-order valence-electron chi connectivity index (χ4n) is 2.93. The Balaban J connectivity index is 1.69. The fraction of sp³-hybridized carbons (Fsp3) is 0.375. The first-order valence-corrected chi connectivity index (χ1v) is 7.71. The summed E-state index contributed by atoms with van der Waals surface area (Å²) in [4.78, 5) is 9.20. The molecule has 0 amide bonds. The Morgan fingerprint density at radius 3 is 3.00 bits per heavy atom. The van der Waals surface area contributed by atoms with Gasteiger partial charge in [0.05, 0.1) is 12.8 Å². The van der Waals surface area contributed by atoms with Gasteiger partial charge < -0.3 is 15.1 Å². The van der Waals surface area contributed by atoms with Gasteiger partial charge in [-0.05, 0) is 50.2 Å². The molecule has 4 rings (SSSR count). The smallest absolute Gasteiger partial charge is 0.205 e. The predicted molar refractivity (Wildman–Crippen MR) is 84.9 cm³/mol. The minimum Gasteiger partial charge on any atom is -0.467 e. The maximum absolute atomic E-state index is 5.49. The first-order valence-electron chi connectivity index (χ1n) is 7.71. The molecule has 1 saturated heterocycles. The average molecular weight is 297 g/mol. The zero-order chi connectivity index (χ0) is 14.8. The lowest BCUT2D eigenvalue weighted by Crippen LogP contribution is -2.36. The molecule has 0 aromatic carbocycles. The molecule has 0 atom stereocenters. The molecule has 6 nitrogen and oxygen atoms in total. The lowest BCUT2D eigenvalue weighted by Gasteiger charge is -2.24. The van der Waals surface area contributed by atoms with E-state index in [1.807, 2.05) is 24.3 Å². The fourth-order valence-corrected chi connectivity index (χ4v) is 2.93. The predicted octanol–water partition coefficient (Wildman–Crippen LogP) is 2.24. The Morgan fingerprint density at radius 1 is 1.27 bits per heavy atom. The van der Waals surface area contributed by atoms with Crippen molar-refractivity contribution in [2.24, 2.45) is 0 Å². The summed E-state index contributed by atoms with van der Waals surface area (Å²) in [6.07, 6.45) is 5.72. The number of piperidine rings is 1. The summed E-state index contributed by atoms with van der Waals surface area (Å²) in [6, 6.07) is 8.24. The van der Waals surface area contributed by atoms with Crippen LogP contribution in [0.5, 0.6) is 0 Å². The summed E-state index contributed by atoms with van der Waals surface area (Å²) < 4.78 is 7.58. The second-order valence-electron chi connectivity index (χ2n) is 5.62. The Bertz CT molecular complexity index is 743. The van der Waals surface area contributed by atoms with E-state index in [4.69, 9.17) is 9.40 Å². The highest BCUT2D eigenvalue weighted by Gasteiger charge is 2.18. The molecule has 0 bridgehead atoms. The van der Waals surface area contributed by atoms with E-state index in [2.05, 4.69) is 20.2 Å². The number of hydrogen-bond donors (Lipinski definition) is 2. The maximum Gasteiger partial charge on any atom is 0.205 e. The van der Waals surface area contributed by atoms with E-state index in [9.17, 15) is 0 Å². The van der Waals surface area contributed by atoms with E-state index in [0.29, 0.717) is 12.6 Å². The molecular weight excluding hydrogens is 278 g/mol. The van der Waals surface area contributed by atoms with Gasteiger partial charge in [-0.15, -0.1) is 0 Å². The molecule has 6 heteroatoms. The summed E-state index contributed by atoms with van der Waals surface area (Å²) in [6.45, 7) is 2.73. The third kappa shape index (κ3) is 2.57. The molecule has 114 valence electrons. The van der Waals surface area contributed by atoms with Gasteiger partial charge in [0.2, 0.25) is 5.95 Å². The standard InChI is InChI=1S/C16H19N5O/c1-4-14-15(18-7-1)21(11-13-3-2-10-22-13)16(20-14)19-12-5-8-17-9-6-12/h1-4,7,10,12,17H,5-6,8-9,11H2,(H,19,20). The number of aromatic nitrogens is 3. The van der Waals surface area contributed by atoms with E-state index >= 15 is 0 Å². The molecule has 1 fully saturated rings. The van der Waals surface area contributed by atoms with E-state index in [1.165, 1.54) is 0 Å². The molecule has 0 radical (unpaired) electrons. The van der Waals surface area contributed by atoms with Crippen LogP contribution in [-0.2, 0) is 6.54 Å². The van der Waals surface area contributed by atoms with Gasteiger partial charge in [-0.25, -0.2) is 9.97 Å². The van der Waals surface area contributed by atoms with Crippen molar-refractivity contribution in [1.29, 1.82) is 0 Å². The van der Waals surface area contributed by atoms with Crippen LogP contribution >= 0.6 is 0 Å². The monoisotopic (exact) mass is 297 g/mol. The van der Waals surface area contributed by atoms with E-state index < -0.39 is 0 Å². The molecule has 2 N–H and O–H groups in total. The van der Waals surface area contributed by atoms with Crippen LogP contribution in [-0.4, -0.2) is 33.7 Å². The zero-order valence-corrected chi connectivity index (χ0v) is 12.3. The maximum atomic E-state index is 5.49. The topological polar surface area (TPSA) is 67.9 Å². The van der Waals surface area contributed by atoms with Crippen LogP contribution in [0.4, 0.5) is 5.95 Å². The third-order valence-electron chi connectivity index (χ3n) is 4.07. The van der Waals surface area contributed by atoms with E-state index in [1.54, 1.807) is 12.5 Å². The SMILES string of the molecule is c1coc(Cn2c(NC3CCNCC3)nc3cccnc32)c1. The van der Waals surface area contributed by atoms with Gasteiger partial charge in [0.15, 0.2) is 5.65 Å². The molecule has 0 unspecified atom stereocenters. The minimum absolute atomic E-state index is 0.452. The number of fused-ring (bicyclic) bond motifs is 1. The van der Waals surface area contributed by atoms with Crippen molar-refractivity contribution in [3.05, 3.63) is 42.5 Å². The molecule has 4 heterocycles. The summed E-state index contributed by atoms with van der Waals surface area (Å²) >= 11 is 0. The molecule has 3 aromatic heterocycles. The van der Waals surface area contributed by atoms with Crippen LogP contribution in [0.1, 0.15) is 18.6 Å². The second kappa shape index (κ2) is 5.81. The van der Waals surface area contributed by atoms with Crippen molar-refractivity contribution in [1.82, 2.24) is 19.9 Å². The first-order chi connectivity index (χ1) is 10.9. The number of pyridine rings is 1. The van der Waals surface area contributed by atoms with Gasteiger partial charge in [0.1, 0.15) is 11.3 Å². The highest BCUT2D eigenvalue weighted by Crippen LogP contribution is 2.21. The van der Waals surface area contributed by atoms with E-state index in [0.717, 1.165) is 48.8 Å². The van der Waals surface area contributed by atoms with E-state index in [-0.39, 0.29) is 0 Å². The number of nitrogens with zero attached hydrogens (tertiary/aromatic N) is 3. The molecular formula is C16H19N5O. The van der Waals surface area contributed by atoms with Crippen LogP contribution in [0.2, 0.25) is 0 Å². The number of furan rings is 1. The van der Waals surface area contributed by atoms with Crippen LogP contribution in [0.15, 0.2) is 41.1 Å². The molecule has 1 aliphatic rings. The first kappa shape index (κ1) is 13.3. The second-order valence-corrected chi connectivity index (χ2v) is 5.62. The van der Waals surface area contributed by atoms with Gasteiger partial charge in [0, 0.05) is 12.2 Å². The average Bonchev–Trinajstić information content (AvgIpc) is 3.18. The lowest BCUT2D eigenvalue weighted by atomic mass is 10.1. The quantitative estimate of drug-likeness (QED) is 0.773. The van der Waals surface area contributed by atoms with Crippen LogP contribution in [0.25, 0.3) is 11.2 Å². The number of rotatable bonds is 4. The zero-order valence-electron chi connectivity index (χ0n) is 12.3. The van der Waals surface area contributed by atoms with Crippen molar-refractivity contribution >= 4 is 17.1 Å². The van der Waals surface area contributed by atoms with Crippen molar-refractivity contribution in [3.63, 3.8) is 0 Å². The number of hydrogen-bond acceptors (Lipinski definition) is 5. The van der Waals surface area contributed by atoms with Crippen molar-refractivity contribution in [2.75, 3.05) is 18.4 Å². The van der Waals surface area contributed by atoms with Crippen molar-refractivity contribution < 1.29 is 4.42 Å². The minimum atomic E-state index is 0.452. The lowest BCUT2D eigenvalue weighted by molar-refractivity contribution is 0.471. The van der Waals surface area contributed by atoms with Crippen molar-refractivity contribution in [2.45, 2.75) is 25.4 Å². The van der Waals surface area contributed by atoms with Gasteiger partial charge in [0.25, 0.3) is 0 Å². The van der Waals surface area contributed by atoms with Crippen LogP contribution < -0.4 is 10.6 Å². The van der Waals surface area contributed by atoms with Gasteiger partial charge >= 0.3 is 0 Å². The molecule has 3 aromatic rings. The van der Waals surface area contributed by atoms with Crippen LogP contribution in [0.3, 0.4) is 0 Å². The molecule has 22 heavy (non-hydrogen) atoms.